The van der Waals surface area contributed by atoms with E-state index in [0.29, 0.717) is 5.95 Å². The summed E-state index contributed by atoms with van der Waals surface area (Å²) in [5.74, 6) is 0.341. The van der Waals surface area contributed by atoms with E-state index in [-0.39, 0.29) is 10.7 Å². The molecule has 2 rings (SSSR count). The number of aromatic amines is 1. The Hall–Kier alpha value is -1.69. The van der Waals surface area contributed by atoms with Crippen molar-refractivity contribution in [1.82, 2.24) is 9.97 Å². The van der Waals surface area contributed by atoms with Crippen molar-refractivity contribution in [2.75, 3.05) is 5.32 Å². The lowest BCUT2D eigenvalue weighted by atomic mass is 10.2. The second-order valence-corrected chi connectivity index (χ2v) is 4.14. The standard InChI is InChI=1S/C11H9ClF3N3/c1-6-5-16-10(17-6)18-9-4-7(11(13,14)15)2-3-8(9)12/h2-5H,1H3,(H2,16,17,18). The Bertz CT molecular complexity index is 563. The van der Waals surface area contributed by atoms with Gasteiger partial charge in [-0.3, -0.25) is 0 Å². The number of hydrogen-bond acceptors (Lipinski definition) is 2. The molecule has 0 aliphatic rings. The molecule has 18 heavy (non-hydrogen) atoms. The van der Waals surface area contributed by atoms with Crippen molar-refractivity contribution < 1.29 is 13.2 Å². The Kier molecular flexibility index (Phi) is 3.21. The lowest BCUT2D eigenvalue weighted by Crippen LogP contribution is -2.05. The van der Waals surface area contributed by atoms with Crippen LogP contribution in [-0.4, -0.2) is 9.97 Å². The van der Waals surface area contributed by atoms with Gasteiger partial charge in [-0.25, -0.2) is 4.98 Å². The molecular weight excluding hydrogens is 267 g/mol. The third-order valence-corrected chi connectivity index (χ3v) is 2.58. The summed E-state index contributed by atoms with van der Waals surface area (Å²) in [4.78, 5) is 6.79. The van der Waals surface area contributed by atoms with Crippen LogP contribution in [0.3, 0.4) is 0 Å². The van der Waals surface area contributed by atoms with Crippen LogP contribution in [0.1, 0.15) is 11.3 Å². The second kappa shape index (κ2) is 4.53. The second-order valence-electron chi connectivity index (χ2n) is 3.73. The minimum absolute atomic E-state index is 0.154. The van der Waals surface area contributed by atoms with E-state index in [0.717, 1.165) is 17.8 Å². The summed E-state index contributed by atoms with van der Waals surface area (Å²) in [5.41, 5.74) is 0.180. The molecule has 0 unspecified atom stereocenters. The zero-order valence-electron chi connectivity index (χ0n) is 9.27. The molecule has 0 amide bonds. The van der Waals surface area contributed by atoms with Crippen LogP contribution < -0.4 is 5.32 Å². The number of benzene rings is 1. The number of H-pyrrole nitrogens is 1. The zero-order chi connectivity index (χ0) is 13.3. The molecule has 0 aliphatic heterocycles. The molecule has 0 fully saturated rings. The molecule has 0 atom stereocenters. The highest BCUT2D eigenvalue weighted by atomic mass is 35.5. The van der Waals surface area contributed by atoms with Crippen LogP contribution in [0.4, 0.5) is 24.8 Å². The van der Waals surface area contributed by atoms with Crippen LogP contribution in [0.5, 0.6) is 0 Å². The predicted octanol–water partition coefficient (Wildman–Crippen LogP) is 4.13. The highest BCUT2D eigenvalue weighted by Crippen LogP contribution is 2.34. The average molecular weight is 276 g/mol. The van der Waals surface area contributed by atoms with Gasteiger partial charge in [0.05, 0.1) is 16.3 Å². The predicted molar refractivity (Wildman–Crippen MR) is 63.1 cm³/mol. The molecule has 2 N–H and O–H groups in total. The maximum absolute atomic E-state index is 12.5. The largest absolute Gasteiger partial charge is 0.416 e. The van der Waals surface area contributed by atoms with Crippen molar-refractivity contribution in [2.45, 2.75) is 13.1 Å². The van der Waals surface area contributed by atoms with Gasteiger partial charge in [-0.15, -0.1) is 0 Å². The summed E-state index contributed by atoms with van der Waals surface area (Å²) in [6.45, 7) is 1.78. The third-order valence-electron chi connectivity index (χ3n) is 2.25. The fraction of sp³-hybridized carbons (Fsp3) is 0.182. The summed E-state index contributed by atoms with van der Waals surface area (Å²) < 4.78 is 37.6. The molecular formula is C11H9ClF3N3. The van der Waals surface area contributed by atoms with Crippen molar-refractivity contribution in [3.8, 4) is 0 Å². The van der Waals surface area contributed by atoms with Gasteiger partial charge in [0, 0.05) is 11.9 Å². The average Bonchev–Trinajstić information content (AvgIpc) is 2.66. The summed E-state index contributed by atoms with van der Waals surface area (Å²) >= 11 is 5.83. The minimum atomic E-state index is -4.40. The molecule has 1 aromatic heterocycles. The van der Waals surface area contributed by atoms with Crippen molar-refractivity contribution >= 4 is 23.2 Å². The van der Waals surface area contributed by atoms with E-state index in [1.165, 1.54) is 6.07 Å². The topological polar surface area (TPSA) is 40.7 Å². The number of aryl methyl sites for hydroxylation is 1. The molecule has 0 aliphatic carbocycles. The van der Waals surface area contributed by atoms with E-state index in [4.69, 9.17) is 11.6 Å². The lowest BCUT2D eigenvalue weighted by molar-refractivity contribution is -0.137. The quantitative estimate of drug-likeness (QED) is 0.865. The molecule has 0 saturated carbocycles. The number of nitrogens with one attached hydrogen (secondary N) is 2. The highest BCUT2D eigenvalue weighted by Gasteiger charge is 2.31. The van der Waals surface area contributed by atoms with Gasteiger partial charge in [-0.2, -0.15) is 13.2 Å². The number of halogens is 4. The molecule has 3 nitrogen and oxygen atoms in total. The normalized spacial score (nSPS) is 11.6. The maximum atomic E-state index is 12.5. The fourth-order valence-corrected chi connectivity index (χ4v) is 1.57. The smallest absolute Gasteiger partial charge is 0.328 e. The number of nitrogens with zero attached hydrogens (tertiary/aromatic N) is 1. The first-order valence-corrected chi connectivity index (χ1v) is 5.39. The Morgan fingerprint density at radius 2 is 2.06 bits per heavy atom. The SMILES string of the molecule is Cc1cnc(Nc2cc(C(F)(F)F)ccc2Cl)[nH]1. The summed E-state index contributed by atoms with van der Waals surface area (Å²) in [7, 11) is 0. The number of alkyl halides is 3. The molecule has 0 spiro atoms. The fourth-order valence-electron chi connectivity index (χ4n) is 1.40. The van der Waals surface area contributed by atoms with Crippen molar-refractivity contribution in [2.24, 2.45) is 0 Å². The lowest BCUT2D eigenvalue weighted by Gasteiger charge is -2.10. The van der Waals surface area contributed by atoms with E-state index in [1.807, 2.05) is 0 Å². The van der Waals surface area contributed by atoms with Crippen LogP contribution in [0.15, 0.2) is 24.4 Å². The maximum Gasteiger partial charge on any atom is 0.416 e. The minimum Gasteiger partial charge on any atom is -0.328 e. The molecule has 2 aromatic rings. The molecule has 7 heteroatoms. The van der Waals surface area contributed by atoms with Crippen molar-refractivity contribution in [3.05, 3.63) is 40.7 Å². The molecule has 1 heterocycles. The van der Waals surface area contributed by atoms with E-state index in [1.54, 1.807) is 13.1 Å². The van der Waals surface area contributed by atoms with Gasteiger partial charge >= 0.3 is 6.18 Å². The Morgan fingerprint density at radius 3 is 2.61 bits per heavy atom. The first-order valence-electron chi connectivity index (χ1n) is 5.01. The van der Waals surface area contributed by atoms with E-state index in [9.17, 15) is 13.2 Å². The summed E-state index contributed by atoms with van der Waals surface area (Å²) in [5, 5.41) is 2.90. The van der Waals surface area contributed by atoms with E-state index in [2.05, 4.69) is 15.3 Å². The van der Waals surface area contributed by atoms with Crippen LogP contribution in [0, 0.1) is 6.92 Å². The van der Waals surface area contributed by atoms with Crippen LogP contribution in [-0.2, 0) is 6.18 Å². The third kappa shape index (κ3) is 2.76. The molecule has 0 saturated heterocycles. The first kappa shape index (κ1) is 12.8. The highest BCUT2D eigenvalue weighted by molar-refractivity contribution is 6.33. The van der Waals surface area contributed by atoms with Crippen LogP contribution in [0.25, 0.3) is 0 Å². The van der Waals surface area contributed by atoms with Crippen LogP contribution >= 0.6 is 11.6 Å². The van der Waals surface area contributed by atoms with E-state index >= 15 is 0 Å². The number of hydrogen-bond donors (Lipinski definition) is 2. The molecule has 0 radical (unpaired) electrons. The summed E-state index contributed by atoms with van der Waals surface area (Å²) in [6, 6.07) is 3.07. The Labute approximate surface area is 106 Å². The first-order chi connectivity index (χ1) is 8.36. The van der Waals surface area contributed by atoms with Crippen LogP contribution in [0.2, 0.25) is 5.02 Å². The van der Waals surface area contributed by atoms with Gasteiger partial charge in [0.25, 0.3) is 0 Å². The zero-order valence-corrected chi connectivity index (χ0v) is 10.0. The van der Waals surface area contributed by atoms with Gasteiger partial charge < -0.3 is 10.3 Å². The van der Waals surface area contributed by atoms with Crippen molar-refractivity contribution in [3.63, 3.8) is 0 Å². The monoisotopic (exact) mass is 275 g/mol. The molecule has 0 bridgehead atoms. The van der Waals surface area contributed by atoms with Gasteiger partial charge in [-0.1, -0.05) is 11.6 Å². The van der Waals surface area contributed by atoms with E-state index < -0.39 is 11.7 Å². The molecule has 96 valence electrons. The van der Waals surface area contributed by atoms with Gasteiger partial charge in [0.2, 0.25) is 5.95 Å². The molecule has 1 aromatic carbocycles. The number of anilines is 2. The number of imidazole rings is 1. The Balaban J connectivity index is 2.32. The van der Waals surface area contributed by atoms with Gasteiger partial charge in [0.15, 0.2) is 0 Å². The van der Waals surface area contributed by atoms with Crippen molar-refractivity contribution in [1.29, 1.82) is 0 Å². The van der Waals surface area contributed by atoms with Gasteiger partial charge in [-0.05, 0) is 25.1 Å². The summed E-state index contributed by atoms with van der Waals surface area (Å²) in [6.07, 6.45) is -2.84. The van der Waals surface area contributed by atoms with Gasteiger partial charge in [0.1, 0.15) is 0 Å². The number of rotatable bonds is 2. The number of aromatic nitrogens is 2. The Morgan fingerprint density at radius 1 is 1.33 bits per heavy atom.